The Bertz CT molecular complexity index is 424. The molecule has 2 nitrogen and oxygen atoms in total. The molecule has 1 aromatic heterocycles. The zero-order chi connectivity index (χ0) is 11.4. The molecule has 0 fully saturated rings. The van der Waals surface area contributed by atoms with Crippen LogP contribution in [0.25, 0.3) is 0 Å². The van der Waals surface area contributed by atoms with E-state index in [1.807, 2.05) is 30.3 Å². The van der Waals surface area contributed by atoms with Gasteiger partial charge in [-0.05, 0) is 18.1 Å². The molecule has 0 aliphatic heterocycles. The highest BCUT2D eigenvalue weighted by Gasteiger charge is 2.31. The molecule has 0 saturated carbocycles. The molecule has 0 bridgehead atoms. The van der Waals surface area contributed by atoms with Gasteiger partial charge in [-0.25, -0.2) is 0 Å². The summed E-state index contributed by atoms with van der Waals surface area (Å²) in [6.07, 6.45) is 3.56. The fourth-order valence-electron chi connectivity index (χ4n) is 1.81. The van der Waals surface area contributed by atoms with Gasteiger partial charge in [-0.2, -0.15) is 0 Å². The predicted molar refractivity (Wildman–Crippen MR) is 63.5 cm³/mol. The van der Waals surface area contributed by atoms with Crippen LogP contribution in [-0.4, -0.2) is 11.0 Å². The molecule has 0 saturated heterocycles. The molecular formula is C13H13ClO2. The Balaban J connectivity index is 2.44. The molecule has 84 valence electrons. The van der Waals surface area contributed by atoms with Crippen molar-refractivity contribution in [2.24, 2.45) is 0 Å². The second-order valence-electron chi connectivity index (χ2n) is 3.68. The molecule has 2 rings (SSSR count). The maximum Gasteiger partial charge on any atom is 0.119 e. The molecule has 0 aliphatic carbocycles. The van der Waals surface area contributed by atoms with E-state index in [0.29, 0.717) is 12.3 Å². The molecule has 1 heterocycles. The zero-order valence-electron chi connectivity index (χ0n) is 8.77. The van der Waals surface area contributed by atoms with Crippen molar-refractivity contribution in [2.45, 2.75) is 12.0 Å². The number of hydrogen-bond acceptors (Lipinski definition) is 2. The Morgan fingerprint density at radius 3 is 2.44 bits per heavy atom. The third-order valence-electron chi connectivity index (χ3n) is 2.71. The van der Waals surface area contributed by atoms with Gasteiger partial charge in [-0.1, -0.05) is 30.3 Å². The first-order valence-electron chi connectivity index (χ1n) is 5.14. The minimum Gasteiger partial charge on any atom is -0.472 e. The second kappa shape index (κ2) is 4.73. The van der Waals surface area contributed by atoms with Gasteiger partial charge in [0.2, 0.25) is 0 Å². The SMILES string of the molecule is OC(CCCl)(c1ccccc1)c1ccoc1. The lowest BCUT2D eigenvalue weighted by Crippen LogP contribution is -2.27. The number of benzene rings is 1. The molecule has 1 atom stereocenters. The van der Waals surface area contributed by atoms with E-state index in [9.17, 15) is 5.11 Å². The summed E-state index contributed by atoms with van der Waals surface area (Å²) in [6.45, 7) is 0. The maximum atomic E-state index is 10.7. The van der Waals surface area contributed by atoms with E-state index in [1.54, 1.807) is 18.6 Å². The normalized spacial score (nSPS) is 14.6. The van der Waals surface area contributed by atoms with Gasteiger partial charge in [0.05, 0.1) is 12.5 Å². The smallest absolute Gasteiger partial charge is 0.119 e. The van der Waals surface area contributed by atoms with Crippen LogP contribution in [-0.2, 0) is 5.60 Å². The first kappa shape index (κ1) is 11.2. The summed E-state index contributed by atoms with van der Waals surface area (Å²) in [5, 5.41) is 10.7. The molecule has 0 aliphatic rings. The van der Waals surface area contributed by atoms with Crippen LogP contribution in [0.15, 0.2) is 53.3 Å². The Kier molecular flexibility index (Phi) is 3.32. The number of halogens is 1. The third-order valence-corrected chi connectivity index (χ3v) is 2.90. The van der Waals surface area contributed by atoms with Gasteiger partial charge in [-0.15, -0.1) is 11.6 Å². The lowest BCUT2D eigenvalue weighted by atomic mass is 9.86. The molecular weight excluding hydrogens is 224 g/mol. The van der Waals surface area contributed by atoms with E-state index in [-0.39, 0.29) is 0 Å². The number of hydrogen-bond donors (Lipinski definition) is 1. The monoisotopic (exact) mass is 236 g/mol. The van der Waals surface area contributed by atoms with Crippen LogP contribution in [0, 0.1) is 0 Å². The van der Waals surface area contributed by atoms with Gasteiger partial charge < -0.3 is 9.52 Å². The molecule has 16 heavy (non-hydrogen) atoms. The predicted octanol–water partition coefficient (Wildman–Crippen LogP) is 3.14. The maximum absolute atomic E-state index is 10.7. The van der Waals surface area contributed by atoms with Gasteiger partial charge in [-0.3, -0.25) is 0 Å². The van der Waals surface area contributed by atoms with Gasteiger partial charge in [0.25, 0.3) is 0 Å². The third kappa shape index (κ3) is 1.99. The number of aliphatic hydroxyl groups is 1. The van der Waals surface area contributed by atoms with E-state index in [0.717, 1.165) is 11.1 Å². The summed E-state index contributed by atoms with van der Waals surface area (Å²) >= 11 is 5.76. The summed E-state index contributed by atoms with van der Waals surface area (Å²) in [5.41, 5.74) is 0.507. The quantitative estimate of drug-likeness (QED) is 0.828. The van der Waals surface area contributed by atoms with Crippen molar-refractivity contribution in [1.82, 2.24) is 0 Å². The summed E-state index contributed by atoms with van der Waals surface area (Å²) in [7, 11) is 0. The number of alkyl halides is 1. The van der Waals surface area contributed by atoms with Crippen LogP contribution >= 0.6 is 11.6 Å². The van der Waals surface area contributed by atoms with Crippen LogP contribution in [0.2, 0.25) is 0 Å². The summed E-state index contributed by atoms with van der Waals surface area (Å²) < 4.78 is 5.03. The highest BCUT2D eigenvalue weighted by Crippen LogP contribution is 2.33. The lowest BCUT2D eigenvalue weighted by Gasteiger charge is -2.26. The van der Waals surface area contributed by atoms with Crippen molar-refractivity contribution in [3.8, 4) is 0 Å². The molecule has 0 spiro atoms. The largest absolute Gasteiger partial charge is 0.472 e. The van der Waals surface area contributed by atoms with Crippen molar-refractivity contribution < 1.29 is 9.52 Å². The highest BCUT2D eigenvalue weighted by atomic mass is 35.5. The van der Waals surface area contributed by atoms with E-state index < -0.39 is 5.60 Å². The molecule has 3 heteroatoms. The van der Waals surface area contributed by atoms with Crippen LogP contribution in [0.4, 0.5) is 0 Å². The summed E-state index contributed by atoms with van der Waals surface area (Å²) in [6, 6.07) is 11.3. The fraction of sp³-hybridized carbons (Fsp3) is 0.231. The minimum atomic E-state index is -1.06. The summed E-state index contributed by atoms with van der Waals surface area (Å²) in [5.74, 6) is 0.385. The first-order valence-corrected chi connectivity index (χ1v) is 5.67. The topological polar surface area (TPSA) is 33.4 Å². The molecule has 2 aromatic rings. The lowest BCUT2D eigenvalue weighted by molar-refractivity contribution is 0.0768. The Morgan fingerprint density at radius 1 is 1.12 bits per heavy atom. The second-order valence-corrected chi connectivity index (χ2v) is 4.06. The standard InChI is InChI=1S/C13H13ClO2/c14-8-7-13(15,12-6-9-16-10-12)11-4-2-1-3-5-11/h1-6,9-10,15H,7-8H2. The van der Waals surface area contributed by atoms with Crippen LogP contribution < -0.4 is 0 Å². The Morgan fingerprint density at radius 2 is 1.88 bits per heavy atom. The number of furan rings is 1. The van der Waals surface area contributed by atoms with Crippen LogP contribution in [0.5, 0.6) is 0 Å². The average Bonchev–Trinajstić information content (AvgIpc) is 2.84. The average molecular weight is 237 g/mol. The highest BCUT2D eigenvalue weighted by molar-refractivity contribution is 6.17. The van der Waals surface area contributed by atoms with Gasteiger partial charge >= 0.3 is 0 Å². The van der Waals surface area contributed by atoms with Gasteiger partial charge in [0.1, 0.15) is 5.60 Å². The van der Waals surface area contributed by atoms with E-state index in [1.165, 1.54) is 0 Å². The van der Waals surface area contributed by atoms with E-state index in [4.69, 9.17) is 16.0 Å². The number of rotatable bonds is 4. The van der Waals surface area contributed by atoms with E-state index in [2.05, 4.69) is 0 Å². The van der Waals surface area contributed by atoms with Crippen LogP contribution in [0.1, 0.15) is 17.5 Å². The van der Waals surface area contributed by atoms with Crippen molar-refractivity contribution in [2.75, 3.05) is 5.88 Å². The minimum absolute atomic E-state index is 0.385. The molecule has 1 unspecified atom stereocenters. The van der Waals surface area contributed by atoms with E-state index >= 15 is 0 Å². The van der Waals surface area contributed by atoms with Gasteiger partial charge in [0, 0.05) is 11.4 Å². The van der Waals surface area contributed by atoms with Crippen molar-refractivity contribution in [3.63, 3.8) is 0 Å². The van der Waals surface area contributed by atoms with Crippen molar-refractivity contribution in [3.05, 3.63) is 60.1 Å². The zero-order valence-corrected chi connectivity index (χ0v) is 9.52. The Hall–Kier alpha value is -1.25. The Labute approximate surface area is 99.5 Å². The fourth-order valence-corrected chi connectivity index (χ4v) is 2.08. The van der Waals surface area contributed by atoms with Crippen molar-refractivity contribution in [1.29, 1.82) is 0 Å². The van der Waals surface area contributed by atoms with Crippen molar-refractivity contribution >= 4 is 11.6 Å². The molecule has 1 aromatic carbocycles. The molecule has 0 radical (unpaired) electrons. The molecule has 1 N–H and O–H groups in total. The first-order chi connectivity index (χ1) is 7.77. The molecule has 0 amide bonds. The summed E-state index contributed by atoms with van der Waals surface area (Å²) in [4.78, 5) is 0. The van der Waals surface area contributed by atoms with Gasteiger partial charge in [0.15, 0.2) is 0 Å². The van der Waals surface area contributed by atoms with Crippen LogP contribution in [0.3, 0.4) is 0 Å².